The number of pyridine rings is 1. The number of hydrogen-bond acceptors (Lipinski definition) is 9. The SMILES string of the molecule is COC(=O)CSc1cc(N(Cc2cncc(C(=O)OC)c2)C(=O)C2=C(C(=O)OC3CCCC3)CCCC2)c(Cl)cc1Cl. The van der Waals surface area contributed by atoms with Crippen LogP contribution in [0, 0.1) is 0 Å². The van der Waals surface area contributed by atoms with Gasteiger partial charge in [0.05, 0.1) is 47.8 Å². The molecular weight excluding hydrogens is 603 g/mol. The Labute approximate surface area is 258 Å². The van der Waals surface area contributed by atoms with Crippen molar-refractivity contribution in [3.8, 4) is 0 Å². The summed E-state index contributed by atoms with van der Waals surface area (Å²) in [5, 5.41) is 0.497. The number of anilines is 1. The number of halogens is 2. The number of nitrogens with zero attached hydrogens (tertiary/aromatic N) is 2. The molecule has 1 saturated carbocycles. The van der Waals surface area contributed by atoms with E-state index < -0.39 is 23.8 Å². The molecule has 1 aromatic carbocycles. The van der Waals surface area contributed by atoms with Gasteiger partial charge in [-0.1, -0.05) is 23.2 Å². The second-order valence-electron chi connectivity index (χ2n) is 10.0. The third-order valence-electron chi connectivity index (χ3n) is 7.22. The van der Waals surface area contributed by atoms with Gasteiger partial charge in [-0.05, 0) is 75.1 Å². The summed E-state index contributed by atoms with van der Waals surface area (Å²) in [5.41, 5.74) is 1.83. The normalized spacial score (nSPS) is 15.3. The molecule has 0 atom stereocenters. The van der Waals surface area contributed by atoms with Crippen molar-refractivity contribution in [2.45, 2.75) is 68.9 Å². The van der Waals surface area contributed by atoms with Gasteiger partial charge in [0.25, 0.3) is 5.91 Å². The number of rotatable bonds is 10. The minimum atomic E-state index is -0.569. The average Bonchev–Trinajstić information content (AvgIpc) is 3.52. The summed E-state index contributed by atoms with van der Waals surface area (Å²) >= 11 is 14.3. The van der Waals surface area contributed by atoms with Gasteiger partial charge in [0.1, 0.15) is 6.10 Å². The number of carbonyl (C=O) groups is 4. The Kier molecular flexibility index (Phi) is 11.3. The van der Waals surface area contributed by atoms with E-state index in [-0.39, 0.29) is 29.0 Å². The molecule has 42 heavy (non-hydrogen) atoms. The van der Waals surface area contributed by atoms with Crippen molar-refractivity contribution in [3.63, 3.8) is 0 Å². The monoisotopic (exact) mass is 634 g/mol. The van der Waals surface area contributed by atoms with E-state index >= 15 is 0 Å². The predicted molar refractivity (Wildman–Crippen MR) is 160 cm³/mol. The van der Waals surface area contributed by atoms with Crippen molar-refractivity contribution in [2.24, 2.45) is 0 Å². The molecule has 1 amide bonds. The third-order valence-corrected chi connectivity index (χ3v) is 8.97. The van der Waals surface area contributed by atoms with Crippen LogP contribution in [-0.2, 0) is 35.1 Å². The van der Waals surface area contributed by atoms with Crippen molar-refractivity contribution in [2.75, 3.05) is 24.9 Å². The molecule has 2 aromatic rings. The van der Waals surface area contributed by atoms with E-state index in [1.165, 1.54) is 37.6 Å². The number of benzene rings is 1. The first-order valence-electron chi connectivity index (χ1n) is 13.7. The molecular formula is C30H32Cl2N2O7S. The zero-order valence-corrected chi connectivity index (χ0v) is 25.8. The Hall–Kier alpha value is -3.08. The van der Waals surface area contributed by atoms with E-state index in [1.54, 1.807) is 12.1 Å². The molecule has 2 aliphatic rings. The fourth-order valence-corrected chi connectivity index (χ4v) is 6.47. The van der Waals surface area contributed by atoms with Crippen LogP contribution in [0.25, 0.3) is 0 Å². The molecule has 0 bridgehead atoms. The van der Waals surface area contributed by atoms with Gasteiger partial charge in [-0.3, -0.25) is 14.6 Å². The quantitative estimate of drug-likeness (QED) is 0.168. The van der Waals surface area contributed by atoms with Gasteiger partial charge in [0.15, 0.2) is 0 Å². The first-order valence-corrected chi connectivity index (χ1v) is 15.4. The smallest absolute Gasteiger partial charge is 0.339 e. The second-order valence-corrected chi connectivity index (χ2v) is 11.9. The summed E-state index contributed by atoms with van der Waals surface area (Å²) in [6, 6.07) is 4.72. The highest BCUT2D eigenvalue weighted by Crippen LogP contribution is 2.39. The van der Waals surface area contributed by atoms with E-state index in [2.05, 4.69) is 4.98 Å². The zero-order chi connectivity index (χ0) is 30.2. The highest BCUT2D eigenvalue weighted by molar-refractivity contribution is 8.00. The molecule has 1 aromatic heterocycles. The van der Waals surface area contributed by atoms with E-state index in [9.17, 15) is 19.2 Å². The summed E-state index contributed by atoms with van der Waals surface area (Å²) in [7, 11) is 2.56. The van der Waals surface area contributed by atoms with Crippen molar-refractivity contribution in [3.05, 3.63) is 62.9 Å². The van der Waals surface area contributed by atoms with Crippen molar-refractivity contribution >= 4 is 64.5 Å². The zero-order valence-electron chi connectivity index (χ0n) is 23.5. The second kappa shape index (κ2) is 14.9. The molecule has 0 aliphatic heterocycles. The molecule has 1 fully saturated rings. The lowest BCUT2D eigenvalue weighted by Crippen LogP contribution is -2.34. The van der Waals surface area contributed by atoms with Gasteiger partial charge in [0.2, 0.25) is 0 Å². The number of aromatic nitrogens is 1. The Morgan fingerprint density at radius 2 is 1.62 bits per heavy atom. The van der Waals surface area contributed by atoms with Gasteiger partial charge in [0, 0.05) is 28.4 Å². The largest absolute Gasteiger partial charge is 0.468 e. The topological polar surface area (TPSA) is 112 Å². The fraction of sp³-hybridized carbons (Fsp3) is 0.433. The molecule has 4 rings (SSSR count). The van der Waals surface area contributed by atoms with Gasteiger partial charge in [-0.2, -0.15) is 0 Å². The maximum Gasteiger partial charge on any atom is 0.339 e. The molecule has 0 saturated heterocycles. The number of hydrogen-bond donors (Lipinski definition) is 0. The number of carbonyl (C=O) groups excluding carboxylic acids is 4. The van der Waals surface area contributed by atoms with Crippen molar-refractivity contribution in [1.29, 1.82) is 0 Å². The lowest BCUT2D eigenvalue weighted by atomic mass is 9.90. The molecule has 0 spiro atoms. The Morgan fingerprint density at radius 3 is 2.31 bits per heavy atom. The molecule has 0 N–H and O–H groups in total. The maximum absolute atomic E-state index is 14.4. The Balaban J connectivity index is 1.76. The van der Waals surface area contributed by atoms with E-state index in [0.29, 0.717) is 45.2 Å². The van der Waals surface area contributed by atoms with Crippen molar-refractivity contribution in [1.82, 2.24) is 4.98 Å². The Morgan fingerprint density at radius 1 is 0.905 bits per heavy atom. The van der Waals surface area contributed by atoms with E-state index in [4.69, 9.17) is 37.4 Å². The number of methoxy groups -OCH3 is 2. The Bertz CT molecular complexity index is 1390. The van der Waals surface area contributed by atoms with Crippen LogP contribution in [0.15, 0.2) is 46.6 Å². The molecule has 9 nitrogen and oxygen atoms in total. The van der Waals surface area contributed by atoms with Crippen LogP contribution in [-0.4, -0.2) is 54.9 Å². The fourth-order valence-electron chi connectivity index (χ4n) is 5.04. The first kappa shape index (κ1) is 31.8. The first-order chi connectivity index (χ1) is 20.2. The molecule has 2 aliphatic carbocycles. The molecule has 224 valence electrons. The average molecular weight is 636 g/mol. The third kappa shape index (κ3) is 7.85. The lowest BCUT2D eigenvalue weighted by Gasteiger charge is -2.29. The van der Waals surface area contributed by atoms with Crippen LogP contribution in [0.1, 0.15) is 67.3 Å². The van der Waals surface area contributed by atoms with Crippen LogP contribution < -0.4 is 4.90 Å². The summed E-state index contributed by atoms with van der Waals surface area (Å²) in [6.07, 6.45) is 8.81. The van der Waals surface area contributed by atoms with Crippen LogP contribution in [0.2, 0.25) is 10.0 Å². The number of thioether (sulfide) groups is 1. The molecule has 0 unspecified atom stereocenters. The minimum absolute atomic E-state index is 0.00135. The molecule has 12 heteroatoms. The van der Waals surface area contributed by atoms with Gasteiger partial charge in [-0.15, -0.1) is 11.8 Å². The number of ether oxygens (including phenoxy) is 3. The van der Waals surface area contributed by atoms with Gasteiger partial charge >= 0.3 is 17.9 Å². The highest BCUT2D eigenvalue weighted by atomic mass is 35.5. The minimum Gasteiger partial charge on any atom is -0.468 e. The standard InChI is InChI=1S/C30H32Cl2N2O7S/c1-39-27(35)17-42-26-13-25(23(31)12-24(26)32)34(16-18-11-19(15-33-14-18)29(37)40-2)28(36)21-9-5-6-10-22(21)30(38)41-20-7-3-4-8-20/h11-15,20H,3-10,16-17H2,1-2H3. The number of amides is 1. The summed E-state index contributed by atoms with van der Waals surface area (Å²) in [4.78, 5) is 57.7. The summed E-state index contributed by atoms with van der Waals surface area (Å²) in [6.45, 7) is -0.0203. The van der Waals surface area contributed by atoms with Crippen LogP contribution in [0.3, 0.4) is 0 Å². The van der Waals surface area contributed by atoms with E-state index in [1.807, 2.05) is 0 Å². The van der Waals surface area contributed by atoms with Crippen LogP contribution >= 0.6 is 35.0 Å². The van der Waals surface area contributed by atoms with Crippen LogP contribution in [0.5, 0.6) is 0 Å². The summed E-state index contributed by atoms with van der Waals surface area (Å²) in [5.74, 6) is -1.87. The van der Waals surface area contributed by atoms with Crippen molar-refractivity contribution < 1.29 is 33.4 Å². The lowest BCUT2D eigenvalue weighted by molar-refractivity contribution is -0.144. The van der Waals surface area contributed by atoms with E-state index in [0.717, 1.165) is 50.3 Å². The maximum atomic E-state index is 14.4. The van der Waals surface area contributed by atoms with Gasteiger partial charge in [-0.25, -0.2) is 9.59 Å². The van der Waals surface area contributed by atoms with Gasteiger partial charge < -0.3 is 19.1 Å². The van der Waals surface area contributed by atoms with Crippen LogP contribution in [0.4, 0.5) is 5.69 Å². The molecule has 1 heterocycles. The number of esters is 3. The highest BCUT2D eigenvalue weighted by Gasteiger charge is 2.32. The summed E-state index contributed by atoms with van der Waals surface area (Å²) < 4.78 is 15.4. The predicted octanol–water partition coefficient (Wildman–Crippen LogP) is 6.33. The molecule has 0 radical (unpaired) electrons.